The Morgan fingerprint density at radius 3 is 2.48 bits per heavy atom. The van der Waals surface area contributed by atoms with Crippen molar-refractivity contribution < 1.29 is 19.4 Å². The zero-order valence-corrected chi connectivity index (χ0v) is 18.8. The Morgan fingerprint density at radius 2 is 1.85 bits per heavy atom. The van der Waals surface area contributed by atoms with E-state index in [0.717, 1.165) is 48.5 Å². The number of nitrogens with two attached hydrogens (primary N) is 2. The number of hydrogen-bond acceptors (Lipinski definition) is 5. The number of nitrogens with zero attached hydrogens (tertiary/aromatic N) is 2. The molecule has 0 saturated carbocycles. The van der Waals surface area contributed by atoms with Crippen LogP contribution >= 0.6 is 0 Å². The number of benzene rings is 2. The van der Waals surface area contributed by atoms with E-state index in [9.17, 15) is 9.59 Å². The highest BCUT2D eigenvalue weighted by Crippen LogP contribution is 2.34. The number of methoxy groups -OCH3 is 1. The van der Waals surface area contributed by atoms with Crippen molar-refractivity contribution in [2.45, 2.75) is 38.3 Å². The molecule has 0 aromatic heterocycles. The number of carbonyl (C=O) groups is 2. The Bertz CT molecular complexity index is 1000. The highest BCUT2D eigenvalue weighted by Gasteiger charge is 2.19. The number of anilines is 1. The van der Waals surface area contributed by atoms with Gasteiger partial charge in [0.05, 0.1) is 12.8 Å². The highest BCUT2D eigenvalue weighted by molar-refractivity contribution is 6.02. The molecule has 33 heavy (non-hydrogen) atoms. The number of aliphatic imine (C=N–C) groups is 1. The van der Waals surface area contributed by atoms with E-state index in [2.05, 4.69) is 15.2 Å². The minimum atomic E-state index is -1.07. The smallest absolute Gasteiger partial charge is 0.320 e. The molecule has 176 valence electrons. The van der Waals surface area contributed by atoms with Gasteiger partial charge in [-0.15, -0.1) is 0 Å². The van der Waals surface area contributed by atoms with Crippen LogP contribution in [-0.2, 0) is 17.8 Å². The summed E-state index contributed by atoms with van der Waals surface area (Å²) in [6.07, 6.45) is 3.69. The molecule has 1 amide bonds. The molecule has 1 fully saturated rings. The van der Waals surface area contributed by atoms with Crippen molar-refractivity contribution in [3.8, 4) is 5.75 Å². The number of piperidine rings is 1. The molecule has 1 heterocycles. The molecule has 0 unspecified atom stereocenters. The van der Waals surface area contributed by atoms with Crippen LogP contribution in [0, 0.1) is 0 Å². The molecule has 6 N–H and O–H groups in total. The zero-order chi connectivity index (χ0) is 23.8. The Hall–Kier alpha value is -3.59. The number of nitrogens with one attached hydrogen (secondary N) is 1. The minimum absolute atomic E-state index is 0.0180. The molecule has 0 aliphatic carbocycles. The predicted molar refractivity (Wildman–Crippen MR) is 128 cm³/mol. The minimum Gasteiger partial charge on any atom is -0.495 e. The van der Waals surface area contributed by atoms with Gasteiger partial charge in [-0.2, -0.15) is 4.99 Å². The summed E-state index contributed by atoms with van der Waals surface area (Å²) in [6.45, 7) is 2.35. The summed E-state index contributed by atoms with van der Waals surface area (Å²) >= 11 is 0. The van der Waals surface area contributed by atoms with Crippen molar-refractivity contribution in [3.05, 3.63) is 59.2 Å². The Morgan fingerprint density at radius 1 is 1.15 bits per heavy atom. The van der Waals surface area contributed by atoms with Crippen LogP contribution < -0.4 is 26.4 Å². The summed E-state index contributed by atoms with van der Waals surface area (Å²) in [5.41, 5.74) is 14.7. The topological polar surface area (TPSA) is 143 Å². The Kier molecular flexibility index (Phi) is 8.26. The van der Waals surface area contributed by atoms with Gasteiger partial charge in [0, 0.05) is 25.2 Å². The first-order valence-electron chi connectivity index (χ1n) is 11.0. The second-order valence-corrected chi connectivity index (χ2v) is 8.02. The number of ether oxygens (including phenoxy) is 1. The first-order valence-corrected chi connectivity index (χ1v) is 11.0. The Balaban J connectivity index is 1.66. The van der Waals surface area contributed by atoms with E-state index in [4.69, 9.17) is 21.3 Å². The lowest BCUT2D eigenvalue weighted by atomic mass is 10.0. The van der Waals surface area contributed by atoms with E-state index in [1.54, 1.807) is 31.4 Å². The molecular formula is C24H31N5O4. The summed E-state index contributed by atoms with van der Waals surface area (Å²) in [6, 6.07) is 11.4. The number of carboxylic acid groups (broad SMARTS) is 1. The second-order valence-electron chi connectivity index (χ2n) is 8.02. The molecule has 0 radical (unpaired) electrons. The van der Waals surface area contributed by atoms with Gasteiger partial charge in [0.25, 0.3) is 5.91 Å². The van der Waals surface area contributed by atoms with Crippen LogP contribution in [0.15, 0.2) is 47.5 Å². The van der Waals surface area contributed by atoms with E-state index >= 15 is 0 Å². The third-order valence-electron chi connectivity index (χ3n) is 5.63. The maximum atomic E-state index is 12.5. The summed E-state index contributed by atoms with van der Waals surface area (Å²) in [7, 11) is 1.66. The quantitative estimate of drug-likeness (QED) is 0.350. The number of hydrogen-bond donors (Lipinski definition) is 4. The molecule has 2 aromatic rings. The summed E-state index contributed by atoms with van der Waals surface area (Å²) in [5, 5.41) is 11.9. The van der Waals surface area contributed by atoms with Crippen LogP contribution in [0.5, 0.6) is 5.75 Å². The van der Waals surface area contributed by atoms with Gasteiger partial charge in [0.2, 0.25) is 0 Å². The van der Waals surface area contributed by atoms with Crippen LogP contribution in [-0.4, -0.2) is 49.2 Å². The molecule has 0 spiro atoms. The first kappa shape index (κ1) is 24.1. The molecule has 1 aliphatic heterocycles. The molecule has 1 atom stereocenters. The van der Waals surface area contributed by atoms with Crippen LogP contribution in [0.2, 0.25) is 0 Å². The Labute approximate surface area is 193 Å². The fraction of sp³-hybridized carbons (Fsp3) is 0.375. The van der Waals surface area contributed by atoms with Gasteiger partial charge in [-0.25, -0.2) is 0 Å². The lowest BCUT2D eigenvalue weighted by molar-refractivity contribution is -0.138. The van der Waals surface area contributed by atoms with Gasteiger partial charge < -0.3 is 31.5 Å². The largest absolute Gasteiger partial charge is 0.495 e. The highest BCUT2D eigenvalue weighted by atomic mass is 16.5. The van der Waals surface area contributed by atoms with Crippen LogP contribution in [0.1, 0.15) is 40.7 Å². The number of carbonyl (C=O) groups excluding carboxylic acids is 1. The zero-order valence-electron chi connectivity index (χ0n) is 18.8. The lowest BCUT2D eigenvalue weighted by Crippen LogP contribution is -2.34. The number of amides is 1. The fourth-order valence-electron chi connectivity index (χ4n) is 3.88. The normalized spacial score (nSPS) is 15.1. The molecule has 2 aromatic carbocycles. The van der Waals surface area contributed by atoms with E-state index < -0.39 is 17.9 Å². The van der Waals surface area contributed by atoms with Gasteiger partial charge in [0.1, 0.15) is 11.8 Å². The molecule has 1 aliphatic rings. The SMILES string of the molecule is COc1cccc(CN/C(N)=N/C(=O)c2ccc(C[C@H](N)C(=O)O)cc2)c1N1CCCCC1. The van der Waals surface area contributed by atoms with Crippen LogP contribution in [0.4, 0.5) is 5.69 Å². The van der Waals surface area contributed by atoms with Crippen molar-refractivity contribution in [3.63, 3.8) is 0 Å². The summed E-state index contributed by atoms with van der Waals surface area (Å²) < 4.78 is 5.59. The molecule has 9 nitrogen and oxygen atoms in total. The van der Waals surface area contributed by atoms with Crippen molar-refractivity contribution in [1.29, 1.82) is 0 Å². The standard InChI is InChI=1S/C24H31N5O4/c1-33-20-7-5-6-18(21(20)29-12-3-2-4-13-29)15-27-24(26)28-22(30)17-10-8-16(9-11-17)14-19(25)23(31)32/h5-11,19H,2-4,12-15,25H2,1H3,(H,31,32)(H3,26,27,28,30)/t19-/m0/s1. The molecule has 1 saturated heterocycles. The molecule has 3 rings (SSSR count). The van der Waals surface area contributed by atoms with Gasteiger partial charge in [-0.05, 0) is 55.0 Å². The maximum absolute atomic E-state index is 12.5. The number of guanidine groups is 1. The average molecular weight is 454 g/mol. The number of carboxylic acids is 1. The number of rotatable bonds is 8. The van der Waals surface area contributed by atoms with Gasteiger partial charge in [-0.1, -0.05) is 24.3 Å². The number of aliphatic carboxylic acids is 1. The fourth-order valence-corrected chi connectivity index (χ4v) is 3.88. The second kappa shape index (κ2) is 11.3. The van der Waals surface area contributed by atoms with E-state index in [-0.39, 0.29) is 12.4 Å². The van der Waals surface area contributed by atoms with Crippen LogP contribution in [0.3, 0.4) is 0 Å². The summed E-state index contributed by atoms with van der Waals surface area (Å²) in [5.74, 6) is -0.732. The monoisotopic (exact) mass is 453 g/mol. The summed E-state index contributed by atoms with van der Waals surface area (Å²) in [4.78, 5) is 29.6. The van der Waals surface area contributed by atoms with E-state index in [1.807, 2.05) is 18.2 Å². The lowest BCUT2D eigenvalue weighted by Gasteiger charge is -2.32. The molecule has 9 heteroatoms. The maximum Gasteiger partial charge on any atom is 0.320 e. The third kappa shape index (κ3) is 6.45. The third-order valence-corrected chi connectivity index (χ3v) is 5.63. The average Bonchev–Trinajstić information content (AvgIpc) is 2.83. The molecular weight excluding hydrogens is 422 g/mol. The molecule has 0 bridgehead atoms. The first-order chi connectivity index (χ1) is 15.9. The van der Waals surface area contributed by atoms with Gasteiger partial charge in [-0.3, -0.25) is 9.59 Å². The van der Waals surface area contributed by atoms with Crippen molar-refractivity contribution in [2.75, 3.05) is 25.1 Å². The number of para-hydroxylation sites is 1. The predicted octanol–water partition coefficient (Wildman–Crippen LogP) is 1.88. The van der Waals surface area contributed by atoms with Gasteiger partial charge in [0.15, 0.2) is 5.96 Å². The van der Waals surface area contributed by atoms with E-state index in [0.29, 0.717) is 12.1 Å². The van der Waals surface area contributed by atoms with E-state index in [1.165, 1.54) is 6.42 Å². The van der Waals surface area contributed by atoms with Crippen molar-refractivity contribution in [1.82, 2.24) is 5.32 Å². The van der Waals surface area contributed by atoms with Crippen molar-refractivity contribution in [2.24, 2.45) is 16.5 Å². The van der Waals surface area contributed by atoms with Crippen molar-refractivity contribution >= 4 is 23.5 Å². The van der Waals surface area contributed by atoms with Gasteiger partial charge >= 0.3 is 5.97 Å². The van der Waals surface area contributed by atoms with Crippen LogP contribution in [0.25, 0.3) is 0 Å².